The minimum atomic E-state index is -0.389. The Morgan fingerprint density at radius 3 is 2.67 bits per heavy atom. The van der Waals surface area contributed by atoms with E-state index in [1.807, 2.05) is 6.07 Å². The number of anilines is 1. The van der Waals surface area contributed by atoms with Crippen LogP contribution in [0.3, 0.4) is 0 Å². The lowest BCUT2D eigenvalue weighted by Gasteiger charge is -2.04. The second-order valence-electron chi connectivity index (χ2n) is 3.23. The number of rotatable bonds is 2. The third kappa shape index (κ3) is 2.79. The molecular weight excluding hydrogens is 293 g/mol. The van der Waals surface area contributed by atoms with Gasteiger partial charge in [0.25, 0.3) is 5.91 Å². The highest BCUT2D eigenvalue weighted by Crippen LogP contribution is 2.23. The van der Waals surface area contributed by atoms with Crippen molar-refractivity contribution in [1.29, 1.82) is 5.26 Å². The topological polar surface area (TPSA) is 65.8 Å². The van der Waals surface area contributed by atoms with Gasteiger partial charge in [0.2, 0.25) is 0 Å². The molecule has 1 amide bonds. The summed E-state index contributed by atoms with van der Waals surface area (Å²) in [5.74, 6) is -0.389. The quantitative estimate of drug-likeness (QED) is 0.862. The molecule has 0 aliphatic heterocycles. The zero-order chi connectivity index (χ0) is 13.1. The van der Waals surface area contributed by atoms with E-state index in [0.29, 0.717) is 10.6 Å². The first-order valence-corrected chi connectivity index (χ1v) is 6.36. The Morgan fingerprint density at radius 1 is 1.39 bits per heavy atom. The molecular formula is C11H5Cl2N3OS. The number of nitriles is 1. The fourth-order valence-electron chi connectivity index (χ4n) is 1.27. The predicted octanol–water partition coefficient (Wildman–Crippen LogP) is 3.57. The van der Waals surface area contributed by atoms with E-state index in [4.69, 9.17) is 28.5 Å². The Balaban J connectivity index is 2.25. The molecule has 2 rings (SSSR count). The predicted molar refractivity (Wildman–Crippen MR) is 71.2 cm³/mol. The molecule has 0 saturated carbocycles. The first-order valence-electron chi connectivity index (χ1n) is 4.72. The maximum Gasteiger partial charge on any atom is 0.256 e. The summed E-state index contributed by atoms with van der Waals surface area (Å²) in [6, 6.07) is 6.43. The van der Waals surface area contributed by atoms with Crippen LogP contribution >= 0.6 is 34.5 Å². The Bertz CT molecular complexity index is 628. The van der Waals surface area contributed by atoms with Gasteiger partial charge in [-0.05, 0) is 23.6 Å². The normalized spacial score (nSPS) is 9.83. The number of hydrogen-bond acceptors (Lipinski definition) is 4. The van der Waals surface area contributed by atoms with Crippen molar-refractivity contribution in [3.8, 4) is 6.07 Å². The Kier molecular flexibility index (Phi) is 3.82. The lowest BCUT2D eigenvalue weighted by molar-refractivity contribution is 0.102. The van der Waals surface area contributed by atoms with Gasteiger partial charge in [-0.1, -0.05) is 23.2 Å². The highest BCUT2D eigenvalue weighted by Gasteiger charge is 2.12. The minimum absolute atomic E-state index is 0.138. The second-order valence-corrected chi connectivity index (χ2v) is 4.92. The number of aromatic nitrogens is 1. The Morgan fingerprint density at radius 2 is 2.06 bits per heavy atom. The van der Waals surface area contributed by atoms with Crippen LogP contribution in [0.4, 0.5) is 5.00 Å². The van der Waals surface area contributed by atoms with E-state index in [0.717, 1.165) is 0 Å². The summed E-state index contributed by atoms with van der Waals surface area (Å²) in [6.07, 6.45) is 0. The molecule has 0 unspecified atom stereocenters. The summed E-state index contributed by atoms with van der Waals surface area (Å²) in [7, 11) is 0. The summed E-state index contributed by atoms with van der Waals surface area (Å²) < 4.78 is 0. The summed E-state index contributed by atoms with van der Waals surface area (Å²) in [4.78, 5) is 15.7. The molecule has 0 aliphatic rings. The van der Waals surface area contributed by atoms with Gasteiger partial charge in [0, 0.05) is 5.56 Å². The highest BCUT2D eigenvalue weighted by atomic mass is 35.5. The van der Waals surface area contributed by atoms with Gasteiger partial charge in [-0.25, -0.2) is 4.98 Å². The van der Waals surface area contributed by atoms with Crippen LogP contribution in [0.15, 0.2) is 23.6 Å². The van der Waals surface area contributed by atoms with Crippen molar-refractivity contribution in [3.05, 3.63) is 45.0 Å². The van der Waals surface area contributed by atoms with Gasteiger partial charge >= 0.3 is 0 Å². The fraction of sp³-hybridized carbons (Fsp3) is 0. The summed E-state index contributed by atoms with van der Waals surface area (Å²) >= 11 is 12.7. The van der Waals surface area contributed by atoms with Gasteiger partial charge in [0.05, 0.1) is 5.56 Å². The van der Waals surface area contributed by atoms with Crippen molar-refractivity contribution in [1.82, 2.24) is 4.98 Å². The maximum atomic E-state index is 11.9. The van der Waals surface area contributed by atoms with E-state index >= 15 is 0 Å². The number of thiophene rings is 1. The van der Waals surface area contributed by atoms with Crippen LogP contribution in [-0.4, -0.2) is 10.9 Å². The molecule has 1 N–H and O–H groups in total. The number of carbonyl (C=O) groups excluding carboxylic acids is 1. The van der Waals surface area contributed by atoms with Crippen molar-refractivity contribution in [2.75, 3.05) is 5.32 Å². The van der Waals surface area contributed by atoms with E-state index < -0.39 is 0 Å². The molecule has 0 saturated heterocycles. The number of halogens is 2. The molecule has 2 aromatic heterocycles. The lowest BCUT2D eigenvalue weighted by atomic mass is 10.2. The van der Waals surface area contributed by atoms with E-state index in [-0.39, 0.29) is 21.8 Å². The molecule has 0 bridgehead atoms. The van der Waals surface area contributed by atoms with Gasteiger partial charge < -0.3 is 5.32 Å². The van der Waals surface area contributed by atoms with Gasteiger partial charge in [0.1, 0.15) is 21.4 Å². The van der Waals surface area contributed by atoms with Crippen molar-refractivity contribution in [2.24, 2.45) is 0 Å². The van der Waals surface area contributed by atoms with Crippen LogP contribution in [0, 0.1) is 11.3 Å². The number of hydrogen-bond donors (Lipinski definition) is 1. The van der Waals surface area contributed by atoms with Gasteiger partial charge in [-0.3, -0.25) is 4.79 Å². The SMILES string of the molecule is N#Cc1ccsc1NC(=O)c1cc(Cl)nc(Cl)c1. The Hall–Kier alpha value is -1.61. The molecule has 2 heterocycles. The number of nitrogens with zero attached hydrogens (tertiary/aromatic N) is 2. The molecule has 7 heteroatoms. The average Bonchev–Trinajstić information content (AvgIpc) is 2.75. The minimum Gasteiger partial charge on any atom is -0.312 e. The Labute approximate surface area is 117 Å². The molecule has 4 nitrogen and oxygen atoms in total. The van der Waals surface area contributed by atoms with Crippen molar-refractivity contribution in [2.45, 2.75) is 0 Å². The van der Waals surface area contributed by atoms with Gasteiger partial charge in [0.15, 0.2) is 0 Å². The highest BCUT2D eigenvalue weighted by molar-refractivity contribution is 7.14. The second kappa shape index (κ2) is 5.36. The van der Waals surface area contributed by atoms with E-state index in [1.165, 1.54) is 23.5 Å². The van der Waals surface area contributed by atoms with Gasteiger partial charge in [-0.15, -0.1) is 11.3 Å². The smallest absolute Gasteiger partial charge is 0.256 e. The van der Waals surface area contributed by atoms with Crippen LogP contribution in [0.25, 0.3) is 0 Å². The van der Waals surface area contributed by atoms with Crippen LogP contribution in [0.5, 0.6) is 0 Å². The lowest BCUT2D eigenvalue weighted by Crippen LogP contribution is -2.11. The van der Waals surface area contributed by atoms with Crippen molar-refractivity contribution < 1.29 is 4.79 Å². The van der Waals surface area contributed by atoms with E-state index in [9.17, 15) is 4.79 Å². The number of nitrogens with one attached hydrogen (secondary N) is 1. The zero-order valence-corrected chi connectivity index (χ0v) is 11.1. The summed E-state index contributed by atoms with van der Waals surface area (Å²) in [6.45, 7) is 0. The molecule has 0 aliphatic carbocycles. The van der Waals surface area contributed by atoms with Crippen molar-refractivity contribution >= 4 is 45.4 Å². The van der Waals surface area contributed by atoms with E-state index in [2.05, 4.69) is 10.3 Å². The van der Waals surface area contributed by atoms with Gasteiger partial charge in [-0.2, -0.15) is 5.26 Å². The van der Waals surface area contributed by atoms with Crippen molar-refractivity contribution in [3.63, 3.8) is 0 Å². The van der Waals surface area contributed by atoms with Crippen LogP contribution in [0.2, 0.25) is 10.3 Å². The monoisotopic (exact) mass is 297 g/mol. The summed E-state index contributed by atoms with van der Waals surface area (Å²) in [5, 5.41) is 13.9. The molecule has 0 radical (unpaired) electrons. The third-order valence-electron chi connectivity index (χ3n) is 2.04. The van der Waals surface area contributed by atoms with E-state index in [1.54, 1.807) is 11.4 Å². The molecule has 90 valence electrons. The standard InChI is InChI=1S/C11H5Cl2N3OS/c12-8-3-7(4-9(13)15-8)10(17)16-11-6(5-14)1-2-18-11/h1-4H,(H,16,17). The van der Waals surface area contributed by atoms with Crippen LogP contribution in [-0.2, 0) is 0 Å². The average molecular weight is 298 g/mol. The number of carbonyl (C=O) groups is 1. The molecule has 2 aromatic rings. The first kappa shape index (κ1) is 12.8. The number of pyridine rings is 1. The molecule has 18 heavy (non-hydrogen) atoms. The van der Waals surface area contributed by atoms with Crippen LogP contribution < -0.4 is 5.32 Å². The molecule has 0 fully saturated rings. The molecule has 0 spiro atoms. The molecule has 0 atom stereocenters. The first-order chi connectivity index (χ1) is 8.60. The zero-order valence-electron chi connectivity index (χ0n) is 8.78. The third-order valence-corrected chi connectivity index (χ3v) is 3.25. The maximum absolute atomic E-state index is 11.9. The fourth-order valence-corrected chi connectivity index (χ4v) is 2.46. The number of amides is 1. The van der Waals surface area contributed by atoms with Crippen LogP contribution in [0.1, 0.15) is 15.9 Å². The summed E-state index contributed by atoms with van der Waals surface area (Å²) in [5.41, 5.74) is 0.705. The largest absolute Gasteiger partial charge is 0.312 e. The molecule has 0 aromatic carbocycles.